The van der Waals surface area contributed by atoms with E-state index in [1.54, 1.807) is 18.5 Å². The summed E-state index contributed by atoms with van der Waals surface area (Å²) in [6, 6.07) is 0.331. The number of aromatic nitrogens is 2. The second-order valence-electron chi connectivity index (χ2n) is 4.14. The van der Waals surface area contributed by atoms with Crippen molar-refractivity contribution in [2.24, 2.45) is 0 Å². The van der Waals surface area contributed by atoms with Gasteiger partial charge in [0.15, 0.2) is 0 Å². The van der Waals surface area contributed by atoms with Crippen molar-refractivity contribution in [3.05, 3.63) is 24.0 Å². The molecule has 20 heavy (non-hydrogen) atoms. The first-order valence-electron chi connectivity index (χ1n) is 6.78. The molecule has 0 saturated heterocycles. The summed E-state index contributed by atoms with van der Waals surface area (Å²) >= 11 is 0. The summed E-state index contributed by atoms with van der Waals surface area (Å²) in [6.07, 6.45) is 8.85. The zero-order chi connectivity index (χ0) is 14.6. The number of nitrogens with zero attached hydrogens (tertiary/aromatic N) is 2. The number of hydrogen-bond donors (Lipinski definition) is 2. The Morgan fingerprint density at radius 3 is 2.75 bits per heavy atom. The molecule has 0 spiro atoms. The average molecular weight is 279 g/mol. The quantitative estimate of drug-likeness (QED) is 0.523. The second-order valence-corrected chi connectivity index (χ2v) is 4.14. The lowest BCUT2D eigenvalue weighted by molar-refractivity contribution is -0.116. The Kier molecular flexibility index (Phi) is 7.98. The summed E-state index contributed by atoms with van der Waals surface area (Å²) < 4.78 is 5.13. The molecule has 0 bridgehead atoms. The van der Waals surface area contributed by atoms with Crippen LogP contribution in [0.2, 0.25) is 0 Å². The van der Waals surface area contributed by atoms with E-state index in [0.29, 0.717) is 19.2 Å². The summed E-state index contributed by atoms with van der Waals surface area (Å²) in [7, 11) is 0. The molecule has 1 heterocycles. The van der Waals surface area contributed by atoms with Gasteiger partial charge in [0.1, 0.15) is 0 Å². The van der Waals surface area contributed by atoms with Crippen molar-refractivity contribution in [3.63, 3.8) is 0 Å². The van der Waals surface area contributed by atoms with Gasteiger partial charge in [-0.1, -0.05) is 0 Å². The van der Waals surface area contributed by atoms with Crippen LogP contribution in [-0.2, 0) is 4.79 Å². The second kappa shape index (κ2) is 9.91. The maximum atomic E-state index is 11.5. The van der Waals surface area contributed by atoms with Gasteiger partial charge in [-0.15, -0.1) is 0 Å². The number of unbranched alkanes of at least 4 members (excludes halogenated alkanes) is 2. The lowest BCUT2D eigenvalue weighted by Gasteiger charge is -2.01. The van der Waals surface area contributed by atoms with Gasteiger partial charge in [0.2, 0.25) is 5.91 Å². The van der Waals surface area contributed by atoms with Crippen LogP contribution in [0.5, 0.6) is 6.01 Å². The third-order valence-corrected chi connectivity index (χ3v) is 2.48. The topological polar surface area (TPSA) is 84.3 Å². The summed E-state index contributed by atoms with van der Waals surface area (Å²) in [5.74, 6) is -0.150. The number of rotatable bonds is 9. The zero-order valence-electron chi connectivity index (χ0n) is 11.7. The third-order valence-electron chi connectivity index (χ3n) is 2.48. The number of nitrogens with one attached hydrogen (secondary N) is 1. The lowest BCUT2D eigenvalue weighted by atomic mass is 10.2. The summed E-state index contributed by atoms with van der Waals surface area (Å²) in [4.78, 5) is 19.5. The lowest BCUT2D eigenvalue weighted by Crippen LogP contribution is -2.22. The van der Waals surface area contributed by atoms with Crippen LogP contribution in [0.4, 0.5) is 0 Å². The van der Waals surface area contributed by atoms with Crippen molar-refractivity contribution in [3.8, 4) is 6.01 Å². The molecule has 1 amide bonds. The summed E-state index contributed by atoms with van der Waals surface area (Å²) in [5, 5.41) is 11.4. The monoisotopic (exact) mass is 279 g/mol. The van der Waals surface area contributed by atoms with Gasteiger partial charge in [0.25, 0.3) is 0 Å². The highest BCUT2D eigenvalue weighted by Crippen LogP contribution is 2.04. The molecule has 0 atom stereocenters. The van der Waals surface area contributed by atoms with Crippen molar-refractivity contribution in [1.29, 1.82) is 0 Å². The van der Waals surface area contributed by atoms with Gasteiger partial charge in [0, 0.05) is 37.2 Å². The van der Waals surface area contributed by atoms with Crippen LogP contribution in [0.15, 0.2) is 18.5 Å². The highest BCUT2D eigenvalue weighted by atomic mass is 16.5. The molecule has 0 aliphatic rings. The highest BCUT2D eigenvalue weighted by Gasteiger charge is 1.97. The van der Waals surface area contributed by atoms with Gasteiger partial charge in [-0.05, 0) is 32.3 Å². The average Bonchev–Trinajstić information content (AvgIpc) is 2.47. The normalized spacial score (nSPS) is 10.7. The molecule has 0 radical (unpaired) electrons. The van der Waals surface area contributed by atoms with Gasteiger partial charge in [-0.2, -0.15) is 0 Å². The Morgan fingerprint density at radius 2 is 2.10 bits per heavy atom. The van der Waals surface area contributed by atoms with E-state index in [4.69, 9.17) is 9.84 Å². The van der Waals surface area contributed by atoms with E-state index in [2.05, 4.69) is 15.3 Å². The SMILES string of the molecule is CCOc1ncc(/C=C/C(=O)NCCCCCO)cn1. The van der Waals surface area contributed by atoms with E-state index in [-0.39, 0.29) is 12.5 Å². The van der Waals surface area contributed by atoms with Crippen LogP contribution in [0, 0.1) is 0 Å². The third kappa shape index (κ3) is 6.84. The number of carbonyl (C=O) groups is 1. The smallest absolute Gasteiger partial charge is 0.316 e. The van der Waals surface area contributed by atoms with E-state index < -0.39 is 0 Å². The van der Waals surface area contributed by atoms with Crippen molar-refractivity contribution in [1.82, 2.24) is 15.3 Å². The number of amides is 1. The molecule has 2 N–H and O–H groups in total. The molecule has 0 aromatic carbocycles. The van der Waals surface area contributed by atoms with Crippen LogP contribution in [0.3, 0.4) is 0 Å². The van der Waals surface area contributed by atoms with Crippen molar-refractivity contribution in [2.75, 3.05) is 19.8 Å². The van der Waals surface area contributed by atoms with Crippen LogP contribution < -0.4 is 10.1 Å². The molecule has 0 saturated carbocycles. The largest absolute Gasteiger partial charge is 0.464 e. The molecule has 0 aliphatic heterocycles. The summed E-state index contributed by atoms with van der Waals surface area (Å²) in [6.45, 7) is 3.20. The van der Waals surface area contributed by atoms with Gasteiger partial charge in [-0.25, -0.2) is 9.97 Å². The minimum Gasteiger partial charge on any atom is -0.464 e. The maximum absolute atomic E-state index is 11.5. The maximum Gasteiger partial charge on any atom is 0.316 e. The van der Waals surface area contributed by atoms with Crippen LogP contribution in [0.25, 0.3) is 6.08 Å². The predicted octanol–water partition coefficient (Wildman–Crippen LogP) is 1.17. The number of carbonyl (C=O) groups excluding carboxylic acids is 1. The number of aliphatic hydroxyl groups is 1. The first-order valence-corrected chi connectivity index (χ1v) is 6.78. The standard InChI is InChI=1S/C14H21N3O3/c1-2-20-14-16-10-12(11-17-14)6-7-13(19)15-8-4-3-5-9-18/h6-7,10-11,18H,2-5,8-9H2,1H3,(H,15,19)/b7-6+. The first-order chi connectivity index (χ1) is 9.76. The van der Waals surface area contributed by atoms with Crippen LogP contribution in [0.1, 0.15) is 31.7 Å². The molecule has 1 aromatic rings. The molecule has 0 aliphatic carbocycles. The molecular weight excluding hydrogens is 258 g/mol. The summed E-state index contributed by atoms with van der Waals surface area (Å²) in [5.41, 5.74) is 0.740. The fourth-order valence-corrected chi connectivity index (χ4v) is 1.47. The minimum absolute atomic E-state index is 0.150. The van der Waals surface area contributed by atoms with Gasteiger partial charge < -0.3 is 15.2 Å². The van der Waals surface area contributed by atoms with Gasteiger partial charge >= 0.3 is 6.01 Å². The van der Waals surface area contributed by atoms with Gasteiger partial charge in [-0.3, -0.25) is 4.79 Å². The highest BCUT2D eigenvalue weighted by molar-refractivity contribution is 5.91. The predicted molar refractivity (Wildman–Crippen MR) is 76.2 cm³/mol. The Hall–Kier alpha value is -1.95. The van der Waals surface area contributed by atoms with E-state index in [1.165, 1.54) is 6.08 Å². The number of ether oxygens (including phenoxy) is 1. The Balaban J connectivity index is 2.29. The molecule has 110 valence electrons. The van der Waals surface area contributed by atoms with Crippen molar-refractivity contribution < 1.29 is 14.6 Å². The van der Waals surface area contributed by atoms with E-state index in [0.717, 1.165) is 24.8 Å². The minimum atomic E-state index is -0.150. The number of hydrogen-bond acceptors (Lipinski definition) is 5. The molecule has 0 unspecified atom stereocenters. The van der Waals surface area contributed by atoms with Crippen molar-refractivity contribution >= 4 is 12.0 Å². The van der Waals surface area contributed by atoms with E-state index in [9.17, 15) is 4.79 Å². The Bertz CT molecular complexity index is 418. The zero-order valence-corrected chi connectivity index (χ0v) is 11.7. The molecule has 1 rings (SSSR count). The molecule has 1 aromatic heterocycles. The molecule has 6 nitrogen and oxygen atoms in total. The van der Waals surface area contributed by atoms with Crippen molar-refractivity contribution in [2.45, 2.75) is 26.2 Å². The first kappa shape index (κ1) is 16.1. The number of aliphatic hydroxyl groups excluding tert-OH is 1. The molecule has 6 heteroatoms. The molecular formula is C14H21N3O3. The van der Waals surface area contributed by atoms with Gasteiger partial charge in [0.05, 0.1) is 6.61 Å². The Labute approximate surface area is 118 Å². The van der Waals surface area contributed by atoms with Crippen LogP contribution >= 0.6 is 0 Å². The Morgan fingerprint density at radius 1 is 1.35 bits per heavy atom. The fraction of sp³-hybridized carbons (Fsp3) is 0.500. The van der Waals surface area contributed by atoms with Crippen LogP contribution in [-0.4, -0.2) is 40.7 Å². The molecule has 0 fully saturated rings. The van der Waals surface area contributed by atoms with E-state index in [1.807, 2.05) is 6.92 Å². The fourth-order valence-electron chi connectivity index (χ4n) is 1.47. The van der Waals surface area contributed by atoms with E-state index >= 15 is 0 Å².